The largest absolute Gasteiger partial charge is 0.372 e. The molecule has 6 heteroatoms. The van der Waals surface area contributed by atoms with E-state index in [1.807, 2.05) is 0 Å². The molecule has 1 saturated heterocycles. The standard InChI is InChI=1S/C25H49N5O/c1-22(2)14-9-7-5-3-4-6-8-10-16-25(31)17-15-23-29(20-13-21-30(23)25)19-12-11-18-28-24(26)27/h15,17,22-23,31H,3-14,16,18-21H2,1-2H3,(H4,26,27,28). The molecule has 0 aromatic rings. The van der Waals surface area contributed by atoms with Crippen LogP contribution in [0.1, 0.15) is 97.3 Å². The Morgan fingerprint density at radius 2 is 1.68 bits per heavy atom. The Morgan fingerprint density at radius 1 is 1.00 bits per heavy atom. The van der Waals surface area contributed by atoms with Gasteiger partial charge < -0.3 is 16.6 Å². The van der Waals surface area contributed by atoms with Crippen LogP contribution in [-0.2, 0) is 0 Å². The summed E-state index contributed by atoms with van der Waals surface area (Å²) in [6.07, 6.45) is 20.4. The van der Waals surface area contributed by atoms with Crippen molar-refractivity contribution in [3.8, 4) is 0 Å². The fourth-order valence-electron chi connectivity index (χ4n) is 4.99. The third kappa shape index (κ3) is 9.50. The van der Waals surface area contributed by atoms with Crippen molar-refractivity contribution in [1.82, 2.24) is 9.80 Å². The van der Waals surface area contributed by atoms with Gasteiger partial charge in [-0.15, -0.1) is 0 Å². The van der Waals surface area contributed by atoms with Crippen LogP contribution in [-0.4, -0.2) is 58.9 Å². The molecule has 6 nitrogen and oxygen atoms in total. The summed E-state index contributed by atoms with van der Waals surface area (Å²) in [5.74, 6) is 1.02. The lowest BCUT2D eigenvalue weighted by molar-refractivity contribution is -0.122. The SMILES string of the molecule is CC(C)CCCCCCCCCCC1(O)C=CC2N(CCCCN=C(N)N)CCCN21. The molecule has 1 fully saturated rings. The van der Waals surface area contributed by atoms with E-state index < -0.39 is 5.72 Å². The van der Waals surface area contributed by atoms with Gasteiger partial charge in [0.1, 0.15) is 5.72 Å². The number of guanidine groups is 1. The van der Waals surface area contributed by atoms with Crippen molar-refractivity contribution in [2.75, 3.05) is 26.2 Å². The molecule has 0 saturated carbocycles. The van der Waals surface area contributed by atoms with Gasteiger partial charge in [-0.25, -0.2) is 0 Å². The first-order valence-corrected chi connectivity index (χ1v) is 12.9. The maximum atomic E-state index is 11.3. The van der Waals surface area contributed by atoms with E-state index in [9.17, 15) is 5.11 Å². The minimum atomic E-state index is -0.752. The van der Waals surface area contributed by atoms with E-state index in [1.165, 1.54) is 51.4 Å². The predicted octanol–water partition coefficient (Wildman–Crippen LogP) is 4.19. The number of aliphatic imine (C=N–C) groups is 1. The van der Waals surface area contributed by atoms with Gasteiger partial charge in [0, 0.05) is 19.6 Å². The van der Waals surface area contributed by atoms with Crippen LogP contribution >= 0.6 is 0 Å². The molecule has 0 aromatic heterocycles. The van der Waals surface area contributed by atoms with Crippen LogP contribution < -0.4 is 11.5 Å². The summed E-state index contributed by atoms with van der Waals surface area (Å²) in [5.41, 5.74) is 10.0. The van der Waals surface area contributed by atoms with Crippen molar-refractivity contribution >= 4 is 5.96 Å². The van der Waals surface area contributed by atoms with Gasteiger partial charge in [-0.3, -0.25) is 14.8 Å². The van der Waals surface area contributed by atoms with Crippen molar-refractivity contribution in [1.29, 1.82) is 0 Å². The topological polar surface area (TPSA) is 91.1 Å². The second-order valence-corrected chi connectivity index (χ2v) is 10.0. The molecule has 0 amide bonds. The lowest BCUT2D eigenvalue weighted by Crippen LogP contribution is -2.58. The van der Waals surface area contributed by atoms with E-state index in [4.69, 9.17) is 11.5 Å². The summed E-state index contributed by atoms with van der Waals surface area (Å²) in [6, 6.07) is 0. The summed E-state index contributed by atoms with van der Waals surface area (Å²) in [6.45, 7) is 8.43. The molecule has 0 bridgehead atoms. The maximum Gasteiger partial charge on any atom is 0.185 e. The maximum absolute atomic E-state index is 11.3. The molecule has 2 aliphatic rings. The van der Waals surface area contributed by atoms with Gasteiger partial charge in [0.15, 0.2) is 5.96 Å². The lowest BCUT2D eigenvalue weighted by atomic mass is 10.0. The van der Waals surface area contributed by atoms with Crippen molar-refractivity contribution in [3.05, 3.63) is 12.2 Å². The highest BCUT2D eigenvalue weighted by Crippen LogP contribution is 2.34. The lowest BCUT2D eigenvalue weighted by Gasteiger charge is -2.45. The molecule has 2 rings (SSSR count). The average molecular weight is 436 g/mol. The zero-order chi connectivity index (χ0) is 22.5. The summed E-state index contributed by atoms with van der Waals surface area (Å²) in [4.78, 5) is 8.87. The third-order valence-electron chi connectivity index (χ3n) is 6.79. The molecule has 2 aliphatic heterocycles. The summed E-state index contributed by atoms with van der Waals surface area (Å²) >= 11 is 0. The van der Waals surface area contributed by atoms with E-state index in [1.54, 1.807) is 0 Å². The van der Waals surface area contributed by atoms with Gasteiger partial charge in [0.25, 0.3) is 0 Å². The Balaban J connectivity index is 1.59. The minimum Gasteiger partial charge on any atom is -0.372 e. The van der Waals surface area contributed by atoms with Crippen LogP contribution in [0.4, 0.5) is 0 Å². The van der Waals surface area contributed by atoms with E-state index >= 15 is 0 Å². The van der Waals surface area contributed by atoms with Crippen molar-refractivity contribution < 1.29 is 5.11 Å². The van der Waals surface area contributed by atoms with E-state index in [2.05, 4.69) is 40.8 Å². The summed E-state index contributed by atoms with van der Waals surface area (Å²) in [5, 5.41) is 11.3. The quantitative estimate of drug-likeness (QED) is 0.146. The Kier molecular flexibility index (Phi) is 11.9. The number of unbranched alkanes of at least 4 members (excludes halogenated alkanes) is 8. The van der Waals surface area contributed by atoms with Crippen LogP contribution in [0.3, 0.4) is 0 Å². The predicted molar refractivity (Wildman–Crippen MR) is 132 cm³/mol. The summed E-state index contributed by atoms with van der Waals surface area (Å²) in [7, 11) is 0. The fraction of sp³-hybridized carbons (Fsp3) is 0.880. The monoisotopic (exact) mass is 435 g/mol. The Morgan fingerprint density at radius 3 is 2.35 bits per heavy atom. The molecular weight excluding hydrogens is 386 g/mol. The third-order valence-corrected chi connectivity index (χ3v) is 6.79. The first-order valence-electron chi connectivity index (χ1n) is 12.9. The minimum absolute atomic E-state index is 0.176. The fourth-order valence-corrected chi connectivity index (χ4v) is 4.99. The molecule has 0 aliphatic carbocycles. The molecule has 5 N–H and O–H groups in total. The molecule has 0 radical (unpaired) electrons. The van der Waals surface area contributed by atoms with Crippen molar-refractivity contribution in [2.45, 2.75) is 109 Å². The van der Waals surface area contributed by atoms with Crippen LogP contribution in [0.2, 0.25) is 0 Å². The highest BCUT2D eigenvalue weighted by molar-refractivity contribution is 5.75. The number of aliphatic hydroxyl groups is 1. The number of hydrogen-bond donors (Lipinski definition) is 3. The average Bonchev–Trinajstić information content (AvgIpc) is 3.06. The number of rotatable bonds is 16. The molecule has 180 valence electrons. The van der Waals surface area contributed by atoms with Gasteiger partial charge in [0.2, 0.25) is 0 Å². The van der Waals surface area contributed by atoms with E-state index in [0.717, 1.165) is 57.7 Å². The first kappa shape index (κ1) is 26.1. The van der Waals surface area contributed by atoms with Gasteiger partial charge in [-0.1, -0.05) is 71.3 Å². The molecule has 2 atom stereocenters. The molecule has 0 aromatic carbocycles. The number of nitrogens with zero attached hydrogens (tertiary/aromatic N) is 3. The molecule has 2 heterocycles. The second-order valence-electron chi connectivity index (χ2n) is 10.0. The van der Waals surface area contributed by atoms with Crippen LogP contribution in [0.15, 0.2) is 17.1 Å². The smallest absolute Gasteiger partial charge is 0.185 e. The Bertz CT molecular complexity index is 546. The number of hydrogen-bond acceptors (Lipinski definition) is 4. The van der Waals surface area contributed by atoms with Crippen molar-refractivity contribution in [2.24, 2.45) is 22.4 Å². The molecule has 2 unspecified atom stereocenters. The van der Waals surface area contributed by atoms with Gasteiger partial charge in [0.05, 0.1) is 6.17 Å². The van der Waals surface area contributed by atoms with Gasteiger partial charge in [-0.2, -0.15) is 0 Å². The number of nitrogens with two attached hydrogens (primary N) is 2. The molecular formula is C25H49N5O. The van der Waals surface area contributed by atoms with Crippen molar-refractivity contribution in [3.63, 3.8) is 0 Å². The van der Waals surface area contributed by atoms with E-state index in [-0.39, 0.29) is 12.1 Å². The second kappa shape index (κ2) is 14.1. The number of fused-ring (bicyclic) bond motifs is 1. The molecule has 31 heavy (non-hydrogen) atoms. The Labute approximate surface area is 191 Å². The van der Waals surface area contributed by atoms with Crippen LogP contribution in [0.25, 0.3) is 0 Å². The zero-order valence-corrected chi connectivity index (χ0v) is 20.3. The highest BCUT2D eigenvalue weighted by Gasteiger charge is 2.43. The molecule has 0 spiro atoms. The highest BCUT2D eigenvalue weighted by atomic mass is 16.3. The van der Waals surface area contributed by atoms with Crippen LogP contribution in [0, 0.1) is 5.92 Å². The zero-order valence-electron chi connectivity index (χ0n) is 20.3. The van der Waals surface area contributed by atoms with E-state index in [0.29, 0.717) is 6.54 Å². The van der Waals surface area contributed by atoms with Gasteiger partial charge in [-0.05, 0) is 50.6 Å². The van der Waals surface area contributed by atoms with Crippen LogP contribution in [0.5, 0.6) is 0 Å². The summed E-state index contributed by atoms with van der Waals surface area (Å²) < 4.78 is 0. The Hall–Kier alpha value is -1.11. The first-order chi connectivity index (χ1) is 14.9. The van der Waals surface area contributed by atoms with Gasteiger partial charge >= 0.3 is 0 Å². The normalized spacial score (nSPS) is 24.1.